The van der Waals surface area contributed by atoms with Crippen LogP contribution in [0.5, 0.6) is 5.75 Å². The van der Waals surface area contributed by atoms with Crippen molar-refractivity contribution < 1.29 is 28.2 Å². The topological polar surface area (TPSA) is 113 Å². The molecule has 0 aromatic heterocycles. The van der Waals surface area contributed by atoms with Gasteiger partial charge in [-0.2, -0.15) is 0 Å². The number of carboxylic acids is 1. The second-order valence-electron chi connectivity index (χ2n) is 3.83. The first-order chi connectivity index (χ1) is 8.79. The van der Waals surface area contributed by atoms with Crippen molar-refractivity contribution in [1.82, 2.24) is 4.72 Å². The van der Waals surface area contributed by atoms with E-state index < -0.39 is 27.3 Å². The van der Waals surface area contributed by atoms with Gasteiger partial charge in [0.25, 0.3) is 0 Å². The molecule has 0 fully saturated rings. The van der Waals surface area contributed by atoms with E-state index in [9.17, 15) is 18.3 Å². The van der Waals surface area contributed by atoms with Gasteiger partial charge in [0.05, 0.1) is 11.5 Å². The molecule has 0 amide bonds. The third kappa shape index (κ3) is 3.66. The quantitative estimate of drug-likeness (QED) is 0.650. The van der Waals surface area contributed by atoms with Crippen molar-refractivity contribution in [2.45, 2.75) is 11.8 Å². The van der Waals surface area contributed by atoms with Crippen LogP contribution in [0.2, 0.25) is 0 Å². The van der Waals surface area contributed by atoms with E-state index in [1.165, 1.54) is 14.0 Å². The smallest absolute Gasteiger partial charge is 0.339 e. The predicted octanol–water partition coefficient (Wildman–Crippen LogP) is 0.324. The largest absolute Gasteiger partial charge is 0.507 e. The van der Waals surface area contributed by atoms with Crippen LogP contribution in [0.3, 0.4) is 0 Å². The number of ether oxygens (including phenoxy) is 1. The van der Waals surface area contributed by atoms with E-state index >= 15 is 0 Å². The Hall–Kier alpha value is -1.64. The zero-order chi connectivity index (χ0) is 14.6. The number of benzene rings is 1. The molecule has 1 rings (SSSR count). The number of aryl methyl sites for hydroxylation is 1. The normalized spacial score (nSPS) is 11.5. The van der Waals surface area contributed by atoms with E-state index in [-0.39, 0.29) is 23.6 Å². The fourth-order valence-corrected chi connectivity index (χ4v) is 2.75. The third-order valence-corrected chi connectivity index (χ3v) is 4.01. The average molecular weight is 289 g/mol. The Balaban J connectivity index is 3.19. The van der Waals surface area contributed by atoms with Gasteiger partial charge in [0.2, 0.25) is 10.0 Å². The number of hydrogen-bond acceptors (Lipinski definition) is 5. The molecule has 0 unspecified atom stereocenters. The Bertz CT molecular complexity index is 581. The van der Waals surface area contributed by atoms with Crippen LogP contribution in [-0.2, 0) is 14.8 Å². The van der Waals surface area contributed by atoms with E-state index in [4.69, 9.17) is 9.84 Å². The van der Waals surface area contributed by atoms with Gasteiger partial charge in [-0.1, -0.05) is 0 Å². The number of rotatable bonds is 6. The van der Waals surface area contributed by atoms with E-state index in [0.29, 0.717) is 0 Å². The molecular weight excluding hydrogens is 274 g/mol. The molecule has 7 nitrogen and oxygen atoms in total. The van der Waals surface area contributed by atoms with Crippen LogP contribution in [0.1, 0.15) is 15.9 Å². The molecule has 0 aliphatic heterocycles. The number of phenols is 1. The minimum atomic E-state index is -3.84. The zero-order valence-electron chi connectivity index (χ0n) is 10.5. The number of sulfonamides is 1. The lowest BCUT2D eigenvalue weighted by atomic mass is 10.1. The minimum absolute atomic E-state index is 0.0710. The molecular formula is C11H15NO6S. The van der Waals surface area contributed by atoms with Crippen molar-refractivity contribution in [3.05, 3.63) is 23.3 Å². The van der Waals surface area contributed by atoms with Crippen LogP contribution in [0, 0.1) is 6.92 Å². The summed E-state index contributed by atoms with van der Waals surface area (Å²) in [6.07, 6.45) is 0. The third-order valence-electron chi connectivity index (χ3n) is 2.41. The summed E-state index contributed by atoms with van der Waals surface area (Å²) in [5.41, 5.74) is -0.204. The first-order valence-corrected chi connectivity index (χ1v) is 6.83. The summed E-state index contributed by atoms with van der Waals surface area (Å²) < 4.78 is 30.9. The Kier molecular flexibility index (Phi) is 4.87. The molecule has 0 heterocycles. The van der Waals surface area contributed by atoms with Gasteiger partial charge in [0, 0.05) is 13.7 Å². The number of carboxylic acid groups (broad SMARTS) is 1. The van der Waals surface area contributed by atoms with E-state index in [1.807, 2.05) is 0 Å². The van der Waals surface area contributed by atoms with Gasteiger partial charge in [-0.15, -0.1) is 0 Å². The fourth-order valence-electron chi connectivity index (χ4n) is 1.49. The number of aromatic carboxylic acids is 1. The highest BCUT2D eigenvalue weighted by molar-refractivity contribution is 7.89. The van der Waals surface area contributed by atoms with Crippen LogP contribution in [0.4, 0.5) is 0 Å². The maximum atomic E-state index is 12.0. The molecule has 0 radical (unpaired) electrons. The standard InChI is InChI=1S/C11H15NO6S/c1-7-5-9(13)8(11(14)15)6-10(7)19(16,17)12-3-4-18-2/h5-6,12-13H,3-4H2,1-2H3,(H,14,15). The first kappa shape index (κ1) is 15.4. The van der Waals surface area contributed by atoms with Crippen LogP contribution in [-0.4, -0.2) is 44.9 Å². The number of carbonyl (C=O) groups is 1. The predicted molar refractivity (Wildman–Crippen MR) is 66.9 cm³/mol. The molecule has 19 heavy (non-hydrogen) atoms. The Labute approximate surface area is 110 Å². The highest BCUT2D eigenvalue weighted by Gasteiger charge is 2.21. The maximum Gasteiger partial charge on any atom is 0.339 e. The molecule has 106 valence electrons. The van der Waals surface area contributed by atoms with Crippen molar-refractivity contribution in [1.29, 1.82) is 0 Å². The lowest BCUT2D eigenvalue weighted by Gasteiger charge is -2.11. The van der Waals surface area contributed by atoms with Crippen molar-refractivity contribution in [2.24, 2.45) is 0 Å². The number of nitrogens with one attached hydrogen (secondary N) is 1. The SMILES string of the molecule is COCCNS(=O)(=O)c1cc(C(=O)O)c(O)cc1C. The molecule has 0 saturated carbocycles. The molecule has 0 aliphatic rings. The van der Waals surface area contributed by atoms with E-state index in [2.05, 4.69) is 4.72 Å². The lowest BCUT2D eigenvalue weighted by molar-refractivity contribution is 0.0693. The molecule has 0 atom stereocenters. The Morgan fingerprint density at radius 1 is 1.42 bits per heavy atom. The molecule has 1 aromatic rings. The van der Waals surface area contributed by atoms with Gasteiger partial charge in [-0.05, 0) is 24.6 Å². The summed E-state index contributed by atoms with van der Waals surface area (Å²) in [5.74, 6) is -1.87. The van der Waals surface area contributed by atoms with Crippen LogP contribution < -0.4 is 4.72 Å². The van der Waals surface area contributed by atoms with Crippen molar-refractivity contribution >= 4 is 16.0 Å². The highest BCUT2D eigenvalue weighted by Crippen LogP contribution is 2.25. The molecule has 1 aromatic carbocycles. The van der Waals surface area contributed by atoms with Gasteiger partial charge in [-0.25, -0.2) is 17.9 Å². The summed E-state index contributed by atoms with van der Waals surface area (Å²) in [4.78, 5) is 10.7. The van der Waals surface area contributed by atoms with Crippen LogP contribution in [0.15, 0.2) is 17.0 Å². The zero-order valence-corrected chi connectivity index (χ0v) is 11.3. The minimum Gasteiger partial charge on any atom is -0.507 e. The van der Waals surface area contributed by atoms with Crippen molar-refractivity contribution in [3.8, 4) is 5.75 Å². The molecule has 0 aliphatic carbocycles. The Morgan fingerprint density at radius 2 is 2.05 bits per heavy atom. The summed E-state index contributed by atoms with van der Waals surface area (Å²) >= 11 is 0. The van der Waals surface area contributed by atoms with Crippen LogP contribution >= 0.6 is 0 Å². The molecule has 3 N–H and O–H groups in total. The van der Waals surface area contributed by atoms with Crippen molar-refractivity contribution in [2.75, 3.05) is 20.3 Å². The van der Waals surface area contributed by atoms with Gasteiger partial charge < -0.3 is 14.9 Å². The van der Waals surface area contributed by atoms with Gasteiger partial charge >= 0.3 is 5.97 Å². The summed E-state index contributed by atoms with van der Waals surface area (Å²) in [5, 5.41) is 18.3. The highest BCUT2D eigenvalue weighted by atomic mass is 32.2. The fraction of sp³-hybridized carbons (Fsp3) is 0.364. The number of aromatic hydroxyl groups is 1. The van der Waals surface area contributed by atoms with Crippen molar-refractivity contribution in [3.63, 3.8) is 0 Å². The monoisotopic (exact) mass is 289 g/mol. The second-order valence-corrected chi connectivity index (χ2v) is 5.57. The molecule has 0 bridgehead atoms. The first-order valence-electron chi connectivity index (χ1n) is 5.35. The van der Waals surface area contributed by atoms with Gasteiger partial charge in [0.1, 0.15) is 11.3 Å². The van der Waals surface area contributed by atoms with E-state index in [1.54, 1.807) is 0 Å². The molecule has 8 heteroatoms. The molecule has 0 saturated heterocycles. The summed E-state index contributed by atoms with van der Waals surface area (Å²) in [6, 6.07) is 2.04. The maximum absolute atomic E-state index is 12.0. The number of hydrogen-bond donors (Lipinski definition) is 3. The average Bonchev–Trinajstić information content (AvgIpc) is 2.28. The second kappa shape index (κ2) is 6.00. The van der Waals surface area contributed by atoms with Gasteiger partial charge in [0.15, 0.2) is 0 Å². The van der Waals surface area contributed by atoms with E-state index in [0.717, 1.165) is 12.1 Å². The Morgan fingerprint density at radius 3 is 2.58 bits per heavy atom. The van der Waals surface area contributed by atoms with Crippen LogP contribution in [0.25, 0.3) is 0 Å². The number of methoxy groups -OCH3 is 1. The van der Waals surface area contributed by atoms with Gasteiger partial charge in [-0.3, -0.25) is 0 Å². The lowest BCUT2D eigenvalue weighted by Crippen LogP contribution is -2.28. The molecule has 0 spiro atoms. The summed E-state index contributed by atoms with van der Waals surface area (Å²) in [7, 11) is -2.41. The summed E-state index contributed by atoms with van der Waals surface area (Å²) in [6.45, 7) is 1.74.